The second kappa shape index (κ2) is 8.65. The van der Waals surface area contributed by atoms with Gasteiger partial charge in [-0.25, -0.2) is 4.79 Å². The fourth-order valence-electron chi connectivity index (χ4n) is 3.76. The lowest BCUT2D eigenvalue weighted by Gasteiger charge is -2.33. The third-order valence-corrected chi connectivity index (χ3v) is 5.51. The van der Waals surface area contributed by atoms with Crippen LogP contribution in [0.3, 0.4) is 0 Å². The molecule has 0 radical (unpaired) electrons. The zero-order valence-corrected chi connectivity index (χ0v) is 17.8. The second-order valence-electron chi connectivity index (χ2n) is 8.25. The molecule has 30 heavy (non-hydrogen) atoms. The summed E-state index contributed by atoms with van der Waals surface area (Å²) in [5.41, 5.74) is 1.67. The van der Waals surface area contributed by atoms with Gasteiger partial charge >= 0.3 is 5.63 Å². The molecule has 0 bridgehead atoms. The number of hydrogen-bond acceptors (Lipinski definition) is 7. The summed E-state index contributed by atoms with van der Waals surface area (Å²) >= 11 is 0. The first-order valence-electron chi connectivity index (χ1n) is 10.1. The minimum Gasteiger partial charge on any atom is -0.496 e. The lowest BCUT2D eigenvalue weighted by Crippen LogP contribution is -2.34. The van der Waals surface area contributed by atoms with E-state index >= 15 is 0 Å². The first-order chi connectivity index (χ1) is 14.2. The summed E-state index contributed by atoms with van der Waals surface area (Å²) in [6.45, 7) is 5.38. The van der Waals surface area contributed by atoms with Gasteiger partial charge in [0, 0.05) is 30.2 Å². The van der Waals surface area contributed by atoms with Gasteiger partial charge in [-0.15, -0.1) is 0 Å². The van der Waals surface area contributed by atoms with Gasteiger partial charge < -0.3 is 29.4 Å². The normalized spacial score (nSPS) is 15.9. The minimum absolute atomic E-state index is 0.0447. The molecule has 1 aliphatic heterocycles. The van der Waals surface area contributed by atoms with Crippen LogP contribution in [0.25, 0.3) is 11.0 Å². The number of rotatable bonds is 7. The lowest BCUT2D eigenvalue weighted by molar-refractivity contribution is -0.121. The van der Waals surface area contributed by atoms with E-state index in [1.165, 1.54) is 0 Å². The van der Waals surface area contributed by atoms with Gasteiger partial charge in [0.25, 0.3) is 0 Å². The van der Waals surface area contributed by atoms with Crippen molar-refractivity contribution in [2.24, 2.45) is 0 Å². The second-order valence-corrected chi connectivity index (χ2v) is 8.25. The number of ether oxygens (including phenoxy) is 2. The molecule has 0 spiro atoms. The highest BCUT2D eigenvalue weighted by molar-refractivity contribution is 5.92. The van der Waals surface area contributed by atoms with Crippen LogP contribution in [0.15, 0.2) is 15.3 Å². The molecule has 8 nitrogen and oxygen atoms in total. The van der Waals surface area contributed by atoms with Crippen LogP contribution in [0.2, 0.25) is 0 Å². The molecule has 3 N–H and O–H groups in total. The third kappa shape index (κ3) is 4.44. The van der Waals surface area contributed by atoms with E-state index < -0.39 is 18.3 Å². The van der Waals surface area contributed by atoms with Crippen molar-refractivity contribution in [3.05, 3.63) is 33.2 Å². The first kappa shape index (κ1) is 22.1. The molecule has 2 aromatic rings. The molecule has 1 amide bonds. The molecule has 1 aliphatic rings. The molecule has 164 valence electrons. The highest BCUT2D eigenvalue weighted by atomic mass is 16.5. The van der Waals surface area contributed by atoms with E-state index in [-0.39, 0.29) is 30.9 Å². The standard InChI is InChI=1S/C22H29NO7/c1-12-14(5-6-18(26)23-10-13(25)11-24)21(27)29-20-15-7-8-22(2,3)30-16(15)9-17(28-4)19(12)20/h9,13,24-25H,5-8,10-11H2,1-4H3,(H,23,26). The average molecular weight is 419 g/mol. The summed E-state index contributed by atoms with van der Waals surface area (Å²) in [4.78, 5) is 24.8. The van der Waals surface area contributed by atoms with E-state index in [1.54, 1.807) is 7.11 Å². The van der Waals surface area contributed by atoms with Crippen molar-refractivity contribution in [2.75, 3.05) is 20.3 Å². The number of methoxy groups -OCH3 is 1. The van der Waals surface area contributed by atoms with E-state index in [9.17, 15) is 14.7 Å². The van der Waals surface area contributed by atoms with Crippen LogP contribution < -0.4 is 20.4 Å². The molecule has 0 saturated carbocycles. The Morgan fingerprint density at radius 1 is 1.40 bits per heavy atom. The number of fused-ring (bicyclic) bond motifs is 3. The molecular weight excluding hydrogens is 390 g/mol. The molecule has 1 unspecified atom stereocenters. The highest BCUT2D eigenvalue weighted by Gasteiger charge is 2.31. The number of aliphatic hydroxyl groups excluding tert-OH is 2. The fraction of sp³-hybridized carbons (Fsp3) is 0.545. The number of hydrogen-bond donors (Lipinski definition) is 3. The summed E-state index contributed by atoms with van der Waals surface area (Å²) in [5, 5.41) is 21.4. The summed E-state index contributed by atoms with van der Waals surface area (Å²) in [6.07, 6.45) is 0.754. The Labute approximate surface area is 174 Å². The largest absolute Gasteiger partial charge is 0.496 e. The Hall–Kier alpha value is -2.58. The Balaban J connectivity index is 1.95. The smallest absolute Gasteiger partial charge is 0.339 e. The Bertz CT molecular complexity index is 1010. The van der Waals surface area contributed by atoms with E-state index in [0.717, 1.165) is 18.4 Å². The number of aliphatic hydroxyl groups is 2. The zero-order chi connectivity index (χ0) is 22.1. The van der Waals surface area contributed by atoms with Crippen molar-refractivity contribution in [1.29, 1.82) is 0 Å². The van der Waals surface area contributed by atoms with Crippen LogP contribution in [0.4, 0.5) is 0 Å². The SMILES string of the molecule is COc1cc2c(c3oc(=O)c(CCC(=O)NCC(O)CO)c(C)c13)CCC(C)(C)O2. The molecule has 0 aliphatic carbocycles. The third-order valence-electron chi connectivity index (χ3n) is 5.51. The van der Waals surface area contributed by atoms with Crippen molar-refractivity contribution >= 4 is 16.9 Å². The van der Waals surface area contributed by atoms with Crippen molar-refractivity contribution in [3.63, 3.8) is 0 Å². The van der Waals surface area contributed by atoms with Crippen molar-refractivity contribution in [2.45, 2.75) is 58.2 Å². The van der Waals surface area contributed by atoms with Gasteiger partial charge in [-0.2, -0.15) is 0 Å². The monoisotopic (exact) mass is 419 g/mol. The van der Waals surface area contributed by atoms with Crippen LogP contribution in [0.5, 0.6) is 11.5 Å². The number of aryl methyl sites for hydroxylation is 2. The van der Waals surface area contributed by atoms with Crippen LogP contribution in [0, 0.1) is 6.92 Å². The highest BCUT2D eigenvalue weighted by Crippen LogP contribution is 2.43. The van der Waals surface area contributed by atoms with Crippen LogP contribution in [-0.2, 0) is 17.6 Å². The van der Waals surface area contributed by atoms with E-state index in [0.29, 0.717) is 33.6 Å². The van der Waals surface area contributed by atoms with Gasteiger partial charge in [0.05, 0.1) is 25.2 Å². The molecular formula is C22H29NO7. The van der Waals surface area contributed by atoms with Crippen molar-refractivity contribution < 1.29 is 28.9 Å². The molecule has 8 heteroatoms. The predicted octanol–water partition coefficient (Wildman–Crippen LogP) is 1.62. The quantitative estimate of drug-likeness (QED) is 0.584. The lowest BCUT2D eigenvalue weighted by atomic mass is 9.91. The maximum absolute atomic E-state index is 12.7. The van der Waals surface area contributed by atoms with E-state index in [4.69, 9.17) is 19.0 Å². The first-order valence-corrected chi connectivity index (χ1v) is 10.1. The molecule has 0 fully saturated rings. The van der Waals surface area contributed by atoms with Gasteiger partial charge in [0.1, 0.15) is 22.7 Å². The minimum atomic E-state index is -1.01. The summed E-state index contributed by atoms with van der Waals surface area (Å²) in [6, 6.07) is 1.83. The van der Waals surface area contributed by atoms with Crippen LogP contribution >= 0.6 is 0 Å². The molecule has 0 saturated heterocycles. The summed E-state index contributed by atoms with van der Waals surface area (Å²) < 4.78 is 17.4. The number of benzene rings is 1. The number of nitrogens with one attached hydrogen (secondary N) is 1. The zero-order valence-electron chi connectivity index (χ0n) is 17.8. The maximum atomic E-state index is 12.7. The topological polar surface area (TPSA) is 118 Å². The Morgan fingerprint density at radius 2 is 2.13 bits per heavy atom. The number of carbonyl (C=O) groups excluding carboxylic acids is 1. The average Bonchev–Trinajstić information content (AvgIpc) is 2.69. The molecule has 1 aromatic carbocycles. The predicted molar refractivity (Wildman–Crippen MR) is 111 cm³/mol. The van der Waals surface area contributed by atoms with Crippen molar-refractivity contribution in [3.8, 4) is 11.5 Å². The molecule has 1 aromatic heterocycles. The summed E-state index contributed by atoms with van der Waals surface area (Å²) in [5.74, 6) is 0.890. The van der Waals surface area contributed by atoms with Gasteiger partial charge in [-0.3, -0.25) is 4.79 Å². The van der Waals surface area contributed by atoms with E-state index in [2.05, 4.69) is 5.32 Å². The molecule has 1 atom stereocenters. The molecule has 2 heterocycles. The Kier molecular flexibility index (Phi) is 6.38. The fourth-order valence-corrected chi connectivity index (χ4v) is 3.76. The Morgan fingerprint density at radius 3 is 2.80 bits per heavy atom. The van der Waals surface area contributed by atoms with Crippen molar-refractivity contribution in [1.82, 2.24) is 5.32 Å². The maximum Gasteiger partial charge on any atom is 0.339 e. The van der Waals surface area contributed by atoms with Crippen LogP contribution in [0.1, 0.15) is 43.4 Å². The van der Waals surface area contributed by atoms with Gasteiger partial charge in [0.15, 0.2) is 0 Å². The number of carbonyl (C=O) groups is 1. The van der Waals surface area contributed by atoms with Gasteiger partial charge in [0.2, 0.25) is 5.91 Å². The van der Waals surface area contributed by atoms with E-state index in [1.807, 2.05) is 26.8 Å². The number of amides is 1. The van der Waals surface area contributed by atoms with Gasteiger partial charge in [-0.1, -0.05) is 0 Å². The van der Waals surface area contributed by atoms with Gasteiger partial charge in [-0.05, 0) is 45.6 Å². The molecule has 3 rings (SSSR count). The van der Waals surface area contributed by atoms with Crippen LogP contribution in [-0.4, -0.2) is 48.1 Å². The summed E-state index contributed by atoms with van der Waals surface area (Å²) in [7, 11) is 1.55.